The molecule has 1 rings (SSSR count). The van der Waals surface area contributed by atoms with E-state index >= 15 is 0 Å². The highest BCUT2D eigenvalue weighted by molar-refractivity contribution is 5.90. The summed E-state index contributed by atoms with van der Waals surface area (Å²) in [5, 5.41) is 11.2. The summed E-state index contributed by atoms with van der Waals surface area (Å²) in [6.45, 7) is 3.89. The molecule has 0 spiro atoms. The first-order chi connectivity index (χ1) is 10.0. The highest BCUT2D eigenvalue weighted by Crippen LogP contribution is 2.09. The van der Waals surface area contributed by atoms with E-state index in [2.05, 4.69) is 5.32 Å². The van der Waals surface area contributed by atoms with E-state index in [0.29, 0.717) is 6.42 Å². The predicted molar refractivity (Wildman–Crippen MR) is 81.6 cm³/mol. The molecule has 5 heteroatoms. The SMILES string of the molecule is CC(C)NC(=O)CCCc1ccc(C=CC(=O)NO)cc1. The van der Waals surface area contributed by atoms with Crippen LogP contribution in [0.4, 0.5) is 0 Å². The van der Waals surface area contributed by atoms with Crippen LogP contribution in [0, 0.1) is 0 Å². The molecule has 2 amide bonds. The van der Waals surface area contributed by atoms with Gasteiger partial charge in [-0.3, -0.25) is 14.8 Å². The summed E-state index contributed by atoms with van der Waals surface area (Å²) in [5.74, 6) is -0.477. The van der Waals surface area contributed by atoms with Gasteiger partial charge >= 0.3 is 0 Å². The normalized spacial score (nSPS) is 10.9. The Morgan fingerprint density at radius 1 is 1.24 bits per heavy atom. The Balaban J connectivity index is 2.39. The van der Waals surface area contributed by atoms with Crippen LogP contribution in [0.1, 0.15) is 37.8 Å². The summed E-state index contributed by atoms with van der Waals surface area (Å²) in [7, 11) is 0. The first-order valence-corrected chi connectivity index (χ1v) is 7.01. The lowest BCUT2D eigenvalue weighted by Crippen LogP contribution is -2.29. The number of hydrogen-bond donors (Lipinski definition) is 3. The summed E-state index contributed by atoms with van der Waals surface area (Å²) in [6, 6.07) is 7.91. The second kappa shape index (κ2) is 8.92. The van der Waals surface area contributed by atoms with Gasteiger partial charge in [0.1, 0.15) is 0 Å². The lowest BCUT2D eigenvalue weighted by Gasteiger charge is -2.08. The van der Waals surface area contributed by atoms with Crippen LogP contribution in [0.5, 0.6) is 0 Å². The third-order valence-electron chi connectivity index (χ3n) is 2.84. The van der Waals surface area contributed by atoms with Gasteiger partial charge in [-0.2, -0.15) is 0 Å². The third-order valence-corrected chi connectivity index (χ3v) is 2.84. The first-order valence-electron chi connectivity index (χ1n) is 7.01. The number of hydrogen-bond acceptors (Lipinski definition) is 3. The molecule has 0 aromatic heterocycles. The monoisotopic (exact) mass is 290 g/mol. The van der Waals surface area contributed by atoms with E-state index in [1.165, 1.54) is 11.6 Å². The van der Waals surface area contributed by atoms with Crippen molar-refractivity contribution in [3.63, 3.8) is 0 Å². The van der Waals surface area contributed by atoms with Crippen molar-refractivity contribution in [1.82, 2.24) is 10.8 Å². The number of hydroxylamine groups is 1. The Kier molecular flexibility index (Phi) is 7.18. The van der Waals surface area contributed by atoms with Crippen molar-refractivity contribution in [1.29, 1.82) is 0 Å². The Labute approximate surface area is 125 Å². The Morgan fingerprint density at radius 2 is 1.90 bits per heavy atom. The molecule has 0 atom stereocenters. The van der Waals surface area contributed by atoms with Crippen molar-refractivity contribution >= 4 is 17.9 Å². The van der Waals surface area contributed by atoms with E-state index in [4.69, 9.17) is 5.21 Å². The fraction of sp³-hybridized carbons (Fsp3) is 0.375. The zero-order valence-corrected chi connectivity index (χ0v) is 12.4. The largest absolute Gasteiger partial charge is 0.354 e. The molecule has 114 valence electrons. The summed E-state index contributed by atoms with van der Waals surface area (Å²) in [6.07, 6.45) is 5.04. The van der Waals surface area contributed by atoms with Crippen LogP contribution in [0.2, 0.25) is 0 Å². The average Bonchev–Trinajstić information content (AvgIpc) is 2.45. The van der Waals surface area contributed by atoms with E-state index in [1.54, 1.807) is 6.08 Å². The van der Waals surface area contributed by atoms with Gasteiger partial charge in [0.05, 0.1) is 0 Å². The van der Waals surface area contributed by atoms with Crippen molar-refractivity contribution in [3.8, 4) is 0 Å². The first kappa shape index (κ1) is 16.9. The standard InChI is InChI=1S/C16H22N2O3/c1-12(2)17-15(19)5-3-4-13-6-8-14(9-7-13)10-11-16(20)18-21/h6-12,21H,3-5H2,1-2H3,(H,17,19)(H,18,20). The third kappa shape index (κ3) is 7.27. The van der Waals surface area contributed by atoms with Crippen LogP contribution in [0.3, 0.4) is 0 Å². The highest BCUT2D eigenvalue weighted by atomic mass is 16.5. The van der Waals surface area contributed by atoms with Gasteiger partial charge in [-0.1, -0.05) is 24.3 Å². The molecule has 0 aliphatic carbocycles. The molecule has 3 N–H and O–H groups in total. The van der Waals surface area contributed by atoms with E-state index in [-0.39, 0.29) is 11.9 Å². The molecule has 0 radical (unpaired) electrons. The maximum atomic E-state index is 11.5. The van der Waals surface area contributed by atoms with Crippen molar-refractivity contribution in [2.24, 2.45) is 0 Å². The summed E-state index contributed by atoms with van der Waals surface area (Å²) in [4.78, 5) is 22.3. The number of carbonyl (C=O) groups excluding carboxylic acids is 2. The lowest BCUT2D eigenvalue weighted by atomic mass is 10.1. The van der Waals surface area contributed by atoms with Gasteiger partial charge in [-0.05, 0) is 43.9 Å². The molecule has 0 fully saturated rings. The smallest absolute Gasteiger partial charge is 0.267 e. The number of aryl methyl sites for hydroxylation is 1. The van der Waals surface area contributed by atoms with Crippen LogP contribution >= 0.6 is 0 Å². The fourth-order valence-corrected chi connectivity index (χ4v) is 1.85. The van der Waals surface area contributed by atoms with Gasteiger partial charge in [0, 0.05) is 18.5 Å². The maximum Gasteiger partial charge on any atom is 0.267 e. The Bertz CT molecular complexity index is 493. The minimum absolute atomic E-state index is 0.0829. The Morgan fingerprint density at radius 3 is 2.48 bits per heavy atom. The van der Waals surface area contributed by atoms with Gasteiger partial charge in [-0.15, -0.1) is 0 Å². The zero-order chi connectivity index (χ0) is 15.7. The van der Waals surface area contributed by atoms with Crippen molar-refractivity contribution < 1.29 is 14.8 Å². The van der Waals surface area contributed by atoms with Crippen molar-refractivity contribution in [2.45, 2.75) is 39.2 Å². The van der Waals surface area contributed by atoms with Crippen LogP contribution in [0.25, 0.3) is 6.08 Å². The predicted octanol–water partition coefficient (Wildman–Crippen LogP) is 2.05. The number of nitrogens with one attached hydrogen (secondary N) is 2. The molecule has 5 nitrogen and oxygen atoms in total. The van der Waals surface area contributed by atoms with Crippen LogP contribution in [-0.2, 0) is 16.0 Å². The molecule has 0 aliphatic heterocycles. The minimum Gasteiger partial charge on any atom is -0.354 e. The van der Waals surface area contributed by atoms with E-state index in [0.717, 1.165) is 24.0 Å². The average molecular weight is 290 g/mol. The minimum atomic E-state index is -0.560. The van der Waals surface area contributed by atoms with Crippen molar-refractivity contribution in [2.75, 3.05) is 0 Å². The highest BCUT2D eigenvalue weighted by Gasteiger charge is 2.03. The van der Waals surface area contributed by atoms with Gasteiger partial charge in [0.15, 0.2) is 0 Å². The number of benzene rings is 1. The molecule has 0 bridgehead atoms. The lowest BCUT2D eigenvalue weighted by molar-refractivity contribution is -0.124. The van der Waals surface area contributed by atoms with Crippen LogP contribution in [0.15, 0.2) is 30.3 Å². The van der Waals surface area contributed by atoms with Crippen LogP contribution in [-0.4, -0.2) is 23.1 Å². The van der Waals surface area contributed by atoms with Gasteiger partial charge in [0.2, 0.25) is 5.91 Å². The summed E-state index contributed by atoms with van der Waals surface area (Å²) in [5.41, 5.74) is 3.56. The Hall–Kier alpha value is -2.14. The van der Waals surface area contributed by atoms with Gasteiger partial charge in [0.25, 0.3) is 5.91 Å². The molecular formula is C16H22N2O3. The molecule has 0 aliphatic rings. The number of carbonyl (C=O) groups is 2. The molecule has 0 heterocycles. The van der Waals surface area contributed by atoms with E-state index < -0.39 is 5.91 Å². The maximum absolute atomic E-state index is 11.5. The van der Waals surface area contributed by atoms with Gasteiger partial charge < -0.3 is 5.32 Å². The van der Waals surface area contributed by atoms with Gasteiger partial charge in [-0.25, -0.2) is 5.48 Å². The summed E-state index contributed by atoms with van der Waals surface area (Å²) >= 11 is 0. The topological polar surface area (TPSA) is 78.4 Å². The molecule has 0 saturated heterocycles. The van der Waals surface area contributed by atoms with E-state index in [9.17, 15) is 9.59 Å². The molecular weight excluding hydrogens is 268 g/mol. The van der Waals surface area contributed by atoms with Crippen molar-refractivity contribution in [3.05, 3.63) is 41.5 Å². The second-order valence-corrected chi connectivity index (χ2v) is 5.13. The fourth-order valence-electron chi connectivity index (χ4n) is 1.85. The summed E-state index contributed by atoms with van der Waals surface area (Å²) < 4.78 is 0. The second-order valence-electron chi connectivity index (χ2n) is 5.13. The molecule has 0 saturated carbocycles. The molecule has 21 heavy (non-hydrogen) atoms. The molecule has 0 unspecified atom stereocenters. The quantitative estimate of drug-likeness (QED) is 0.408. The number of amides is 2. The van der Waals surface area contributed by atoms with E-state index in [1.807, 2.05) is 38.1 Å². The molecule has 1 aromatic rings. The van der Waals surface area contributed by atoms with Crippen LogP contribution < -0.4 is 10.8 Å². The number of rotatable bonds is 7. The zero-order valence-electron chi connectivity index (χ0n) is 12.4. The molecule has 1 aromatic carbocycles.